The Bertz CT molecular complexity index is 1150. The molecule has 2 aromatic carbocycles. The Hall–Kier alpha value is -3.48. The van der Waals surface area contributed by atoms with Crippen LogP contribution in [0.4, 0.5) is 4.39 Å². The first-order chi connectivity index (χ1) is 12.9. The lowest BCUT2D eigenvalue weighted by atomic mass is 10.1. The highest BCUT2D eigenvalue weighted by Gasteiger charge is 2.14. The van der Waals surface area contributed by atoms with E-state index in [1.54, 1.807) is 25.1 Å². The summed E-state index contributed by atoms with van der Waals surface area (Å²) >= 11 is 0. The molecule has 0 amide bonds. The standard InChI is InChI=1S/C20H16FN3O3/c1-10-8-14(4-5-15(10)21)26-20-22-9-16-19(24-20)27-18(23-16)13-6-11(2)17(25)12(3)7-13/h4-9,25H,1-3H3. The van der Waals surface area contributed by atoms with Gasteiger partial charge in [0.25, 0.3) is 5.71 Å². The number of hydrogen-bond donors (Lipinski definition) is 1. The van der Waals surface area contributed by atoms with Crippen LogP contribution in [0.1, 0.15) is 16.7 Å². The Kier molecular flexibility index (Phi) is 3.99. The number of nitrogens with zero attached hydrogens (tertiary/aromatic N) is 3. The number of aryl methyl sites for hydroxylation is 3. The first-order valence-corrected chi connectivity index (χ1v) is 8.29. The van der Waals surface area contributed by atoms with Crippen LogP contribution in [0.3, 0.4) is 0 Å². The van der Waals surface area contributed by atoms with Crippen LogP contribution in [0, 0.1) is 26.6 Å². The predicted molar refractivity (Wildman–Crippen MR) is 97.4 cm³/mol. The van der Waals surface area contributed by atoms with Gasteiger partial charge in [-0.1, -0.05) is 0 Å². The summed E-state index contributed by atoms with van der Waals surface area (Å²) in [6.45, 7) is 5.27. The lowest BCUT2D eigenvalue weighted by Crippen LogP contribution is -1.92. The molecule has 0 unspecified atom stereocenters. The summed E-state index contributed by atoms with van der Waals surface area (Å²) in [5.41, 5.74) is 3.42. The van der Waals surface area contributed by atoms with Gasteiger partial charge in [-0.05, 0) is 67.8 Å². The van der Waals surface area contributed by atoms with Crippen molar-refractivity contribution in [3.05, 3.63) is 59.0 Å². The molecule has 0 radical (unpaired) electrons. The van der Waals surface area contributed by atoms with E-state index in [4.69, 9.17) is 9.15 Å². The molecule has 1 N–H and O–H groups in total. The van der Waals surface area contributed by atoms with Crippen molar-refractivity contribution >= 4 is 11.2 Å². The first-order valence-electron chi connectivity index (χ1n) is 8.29. The minimum absolute atomic E-state index is 0.0780. The SMILES string of the molecule is Cc1cc(Oc2ncc3nc(-c4cc(C)c(O)c(C)c4)oc3n2)ccc1F. The average Bonchev–Trinajstić information content (AvgIpc) is 3.06. The van der Waals surface area contributed by atoms with E-state index in [1.807, 2.05) is 13.8 Å². The molecule has 0 aliphatic rings. The fourth-order valence-electron chi connectivity index (χ4n) is 2.76. The third kappa shape index (κ3) is 3.19. The number of oxazole rings is 1. The number of phenols is 1. The number of aromatic hydroxyl groups is 1. The Morgan fingerprint density at radius 1 is 1.00 bits per heavy atom. The summed E-state index contributed by atoms with van der Waals surface area (Å²) in [5.74, 6) is 0.746. The van der Waals surface area contributed by atoms with Crippen LogP contribution < -0.4 is 4.74 Å². The zero-order valence-corrected chi connectivity index (χ0v) is 14.9. The number of aromatic nitrogens is 3. The molecule has 0 saturated carbocycles. The van der Waals surface area contributed by atoms with Crippen molar-refractivity contribution < 1.29 is 18.7 Å². The highest BCUT2D eigenvalue weighted by molar-refractivity contribution is 5.72. The van der Waals surface area contributed by atoms with E-state index in [0.29, 0.717) is 22.7 Å². The molecule has 4 aromatic rings. The molecule has 0 bridgehead atoms. The van der Waals surface area contributed by atoms with Gasteiger partial charge in [-0.25, -0.2) is 14.4 Å². The first kappa shape index (κ1) is 17.0. The fraction of sp³-hybridized carbons (Fsp3) is 0.150. The summed E-state index contributed by atoms with van der Waals surface area (Å²) in [7, 11) is 0. The zero-order valence-electron chi connectivity index (χ0n) is 14.9. The molecule has 4 rings (SSSR count). The van der Waals surface area contributed by atoms with E-state index < -0.39 is 0 Å². The smallest absolute Gasteiger partial charge is 0.325 e. The zero-order chi connectivity index (χ0) is 19.1. The Morgan fingerprint density at radius 2 is 1.74 bits per heavy atom. The van der Waals surface area contributed by atoms with Crippen LogP contribution >= 0.6 is 0 Å². The van der Waals surface area contributed by atoms with Crippen molar-refractivity contribution in [2.24, 2.45) is 0 Å². The van der Waals surface area contributed by atoms with Crippen LogP contribution in [0.15, 0.2) is 40.9 Å². The molecule has 0 aliphatic carbocycles. The van der Waals surface area contributed by atoms with Crippen LogP contribution in [0.5, 0.6) is 17.5 Å². The van der Waals surface area contributed by atoms with Crippen LogP contribution in [0.2, 0.25) is 0 Å². The summed E-state index contributed by atoms with van der Waals surface area (Å²) < 4.78 is 24.7. The Labute approximate surface area is 154 Å². The average molecular weight is 365 g/mol. The van der Waals surface area contributed by atoms with Crippen molar-refractivity contribution in [3.8, 4) is 29.0 Å². The highest BCUT2D eigenvalue weighted by atomic mass is 19.1. The van der Waals surface area contributed by atoms with Gasteiger partial charge < -0.3 is 14.3 Å². The summed E-state index contributed by atoms with van der Waals surface area (Å²) in [6, 6.07) is 8.05. The van der Waals surface area contributed by atoms with Crippen molar-refractivity contribution in [1.82, 2.24) is 15.0 Å². The third-order valence-corrected chi connectivity index (χ3v) is 4.21. The molecule has 0 saturated heterocycles. The van der Waals surface area contributed by atoms with Crippen molar-refractivity contribution in [1.29, 1.82) is 0 Å². The molecular weight excluding hydrogens is 349 g/mol. The second-order valence-corrected chi connectivity index (χ2v) is 6.33. The number of ether oxygens (including phenoxy) is 1. The maximum Gasteiger partial charge on any atom is 0.325 e. The van der Waals surface area contributed by atoms with Crippen molar-refractivity contribution in [3.63, 3.8) is 0 Å². The molecule has 0 atom stereocenters. The van der Waals surface area contributed by atoms with Crippen LogP contribution in [0.25, 0.3) is 22.7 Å². The molecule has 0 fully saturated rings. The number of halogens is 1. The van der Waals surface area contributed by atoms with Gasteiger partial charge >= 0.3 is 6.01 Å². The largest absolute Gasteiger partial charge is 0.507 e. The molecule has 2 aromatic heterocycles. The molecule has 6 nitrogen and oxygen atoms in total. The molecule has 0 aliphatic heterocycles. The van der Waals surface area contributed by atoms with Gasteiger partial charge in [0.1, 0.15) is 22.8 Å². The van der Waals surface area contributed by atoms with Gasteiger partial charge in [-0.15, -0.1) is 0 Å². The van der Waals surface area contributed by atoms with E-state index >= 15 is 0 Å². The molecule has 0 spiro atoms. The number of fused-ring (bicyclic) bond motifs is 1. The fourth-order valence-corrected chi connectivity index (χ4v) is 2.76. The van der Waals surface area contributed by atoms with Gasteiger partial charge in [-0.3, -0.25) is 0 Å². The van der Waals surface area contributed by atoms with E-state index in [1.165, 1.54) is 18.3 Å². The van der Waals surface area contributed by atoms with Gasteiger partial charge in [0.15, 0.2) is 0 Å². The third-order valence-electron chi connectivity index (χ3n) is 4.21. The minimum atomic E-state index is -0.307. The number of rotatable bonds is 3. The number of phenolic OH excluding ortho intramolecular Hbond substituents is 1. The number of benzene rings is 2. The summed E-state index contributed by atoms with van der Waals surface area (Å²) in [4.78, 5) is 12.7. The maximum atomic E-state index is 13.4. The van der Waals surface area contributed by atoms with E-state index in [0.717, 1.165) is 16.7 Å². The Morgan fingerprint density at radius 3 is 2.44 bits per heavy atom. The second-order valence-electron chi connectivity index (χ2n) is 6.33. The van der Waals surface area contributed by atoms with Crippen LogP contribution in [-0.2, 0) is 0 Å². The van der Waals surface area contributed by atoms with E-state index in [2.05, 4.69) is 15.0 Å². The second kappa shape index (κ2) is 6.35. The molecule has 27 heavy (non-hydrogen) atoms. The molecular formula is C20H16FN3O3. The maximum absolute atomic E-state index is 13.4. The van der Waals surface area contributed by atoms with E-state index in [-0.39, 0.29) is 23.3 Å². The Balaban J connectivity index is 1.68. The van der Waals surface area contributed by atoms with E-state index in [9.17, 15) is 9.50 Å². The lowest BCUT2D eigenvalue weighted by Gasteiger charge is -2.04. The van der Waals surface area contributed by atoms with Gasteiger partial charge in [-0.2, -0.15) is 4.98 Å². The minimum Gasteiger partial charge on any atom is -0.507 e. The van der Waals surface area contributed by atoms with Crippen molar-refractivity contribution in [2.45, 2.75) is 20.8 Å². The monoisotopic (exact) mass is 365 g/mol. The predicted octanol–water partition coefficient (Wildman–Crippen LogP) is 4.85. The van der Waals surface area contributed by atoms with Gasteiger partial charge in [0.2, 0.25) is 5.89 Å². The lowest BCUT2D eigenvalue weighted by molar-refractivity contribution is 0.438. The van der Waals surface area contributed by atoms with Crippen LogP contribution in [-0.4, -0.2) is 20.1 Å². The van der Waals surface area contributed by atoms with Gasteiger partial charge in [0, 0.05) is 5.56 Å². The van der Waals surface area contributed by atoms with Crippen molar-refractivity contribution in [2.75, 3.05) is 0 Å². The number of hydrogen-bond acceptors (Lipinski definition) is 6. The summed E-state index contributed by atoms with van der Waals surface area (Å²) in [5, 5.41) is 9.92. The normalized spacial score (nSPS) is 11.1. The van der Waals surface area contributed by atoms with Gasteiger partial charge in [0.05, 0.1) is 6.20 Å². The quantitative estimate of drug-likeness (QED) is 0.559. The topological polar surface area (TPSA) is 81.3 Å². The highest BCUT2D eigenvalue weighted by Crippen LogP contribution is 2.30. The molecule has 2 heterocycles. The molecule has 136 valence electrons. The summed E-state index contributed by atoms with van der Waals surface area (Å²) in [6.07, 6.45) is 1.50. The molecule has 7 heteroatoms.